The van der Waals surface area contributed by atoms with Crippen molar-refractivity contribution in [3.8, 4) is 0 Å². The highest BCUT2D eigenvalue weighted by Crippen LogP contribution is 2.49. The first-order valence-electron chi connectivity index (χ1n) is 32.8. The van der Waals surface area contributed by atoms with Gasteiger partial charge in [-0.25, -0.2) is 42.4 Å². The first kappa shape index (κ1) is 82.2. The fraction of sp³-hybridized carbons (Fsp3) is 0.507. The van der Waals surface area contributed by atoms with Gasteiger partial charge in [0.05, 0.1) is 58.3 Å². The summed E-state index contributed by atoms with van der Waals surface area (Å²) in [4.78, 5) is 52.1. The van der Waals surface area contributed by atoms with Crippen molar-refractivity contribution in [1.29, 1.82) is 0 Å². The minimum Gasteiger partial charge on any atom is -0.341 e. The zero-order chi connectivity index (χ0) is 76.1. The number of hydrogen-bond acceptors (Lipinski definition) is 18. The molecule has 558 valence electrons. The average molecular weight is 1640 g/mol. The Kier molecular flexibility index (Phi) is 23.9. The van der Waals surface area contributed by atoms with E-state index in [0.29, 0.717) is 11.4 Å². The number of thiophene rings is 8. The molecule has 102 heavy (non-hydrogen) atoms. The van der Waals surface area contributed by atoms with Crippen LogP contribution in [0.4, 0.5) is 5.69 Å². The van der Waals surface area contributed by atoms with Crippen LogP contribution in [0.2, 0.25) is 0 Å². The minimum atomic E-state index is -3.20. The number of sulfonamides is 2. The summed E-state index contributed by atoms with van der Waals surface area (Å²) in [6, 6.07) is 15.6. The van der Waals surface area contributed by atoms with Crippen molar-refractivity contribution in [2.45, 2.75) is 181 Å². The highest BCUT2D eigenvalue weighted by molar-refractivity contribution is 7.90. The van der Waals surface area contributed by atoms with Crippen molar-refractivity contribution in [2.75, 3.05) is 74.4 Å². The Morgan fingerprint density at radius 3 is 1.46 bits per heavy atom. The van der Waals surface area contributed by atoms with E-state index < -0.39 is 57.8 Å². The van der Waals surface area contributed by atoms with E-state index in [9.17, 15) is 43.8 Å². The molecule has 3 amide bonds. The maximum absolute atomic E-state index is 12.0. The van der Waals surface area contributed by atoms with Crippen molar-refractivity contribution in [3.63, 3.8) is 0 Å². The normalized spacial score (nSPS) is 23.9. The molecule has 0 saturated heterocycles. The van der Waals surface area contributed by atoms with E-state index in [1.54, 1.807) is 117 Å². The van der Waals surface area contributed by atoms with Gasteiger partial charge < -0.3 is 14.7 Å². The van der Waals surface area contributed by atoms with E-state index in [-0.39, 0.29) is 55.3 Å². The second-order valence-electron chi connectivity index (χ2n) is 30.4. The van der Waals surface area contributed by atoms with Crippen LogP contribution < -0.4 is 4.90 Å². The number of likely N-dealkylation sites (N-methyl/N-ethyl adjacent to an activating group) is 3. The van der Waals surface area contributed by atoms with Crippen LogP contribution in [0.5, 0.6) is 0 Å². The van der Waals surface area contributed by atoms with Gasteiger partial charge in [0.1, 0.15) is 37.7 Å². The zero-order valence-electron chi connectivity index (χ0n) is 62.5. The highest BCUT2D eigenvalue weighted by Gasteiger charge is 2.49. The van der Waals surface area contributed by atoms with E-state index in [0.717, 1.165) is 61.6 Å². The third-order valence-electron chi connectivity index (χ3n) is 20.0. The van der Waals surface area contributed by atoms with E-state index in [1.165, 1.54) is 66.1 Å². The number of hydrogen-bond donors (Lipinski definition) is 0. The Balaban J connectivity index is 0.000000136. The molecule has 0 fully saturated rings. The van der Waals surface area contributed by atoms with Crippen LogP contribution in [0.1, 0.15) is 182 Å². The van der Waals surface area contributed by atoms with Crippen molar-refractivity contribution < 1.29 is 43.8 Å². The monoisotopic (exact) mass is 1640 g/mol. The molecule has 31 heteroatoms. The molecular weight excluding hydrogens is 1540 g/mol. The smallest absolute Gasteiger partial charge is 0.255 e. The molecule has 3 atom stereocenters. The lowest BCUT2D eigenvalue weighted by Crippen LogP contribution is -2.44. The molecule has 0 aliphatic carbocycles. The predicted molar refractivity (Wildman–Crippen MR) is 429 cm³/mol. The molecule has 0 saturated carbocycles. The first-order chi connectivity index (χ1) is 47.0. The Bertz CT molecular complexity index is 4620. The molecule has 18 nitrogen and oxygen atoms in total. The molecule has 16 heterocycles. The topological polar surface area (TPSA) is 197 Å². The molecule has 8 aromatic rings. The van der Waals surface area contributed by atoms with Gasteiger partial charge in [-0.1, -0.05) is 27.7 Å². The van der Waals surface area contributed by atoms with Gasteiger partial charge in [-0.05, 0) is 186 Å². The van der Waals surface area contributed by atoms with Gasteiger partial charge in [-0.2, -0.15) is 8.61 Å². The lowest BCUT2D eigenvalue weighted by atomic mass is 9.85. The second-order valence-corrected chi connectivity index (χ2v) is 47.4. The summed E-state index contributed by atoms with van der Waals surface area (Å²) >= 11 is 13.2. The summed E-state index contributed by atoms with van der Waals surface area (Å²) in [5.41, 5.74) is 4.72. The largest absolute Gasteiger partial charge is 0.341 e. The summed E-state index contributed by atoms with van der Waals surface area (Å²) in [5.74, 6) is 0.510. The van der Waals surface area contributed by atoms with Crippen molar-refractivity contribution in [2.24, 2.45) is 0 Å². The first-order valence-corrected chi connectivity index (χ1v) is 46.0. The second kappa shape index (κ2) is 29.6. The van der Waals surface area contributed by atoms with E-state index >= 15 is 0 Å². The molecule has 8 aromatic heterocycles. The molecule has 16 rings (SSSR count). The Morgan fingerprint density at radius 1 is 0.431 bits per heavy atom. The Hall–Kier alpha value is -3.84. The number of carbonyl (C=O) groups excluding carboxylic acids is 3. The molecular formula is C71H96N8O10S13. The molecule has 0 bridgehead atoms. The fourth-order valence-electron chi connectivity index (χ4n) is 13.4. The molecule has 0 spiro atoms. The fourth-order valence-corrected chi connectivity index (χ4v) is 30.8. The quantitative estimate of drug-likeness (QED) is 0.141. The van der Waals surface area contributed by atoms with Crippen LogP contribution in [0.25, 0.3) is 0 Å². The maximum Gasteiger partial charge on any atom is 0.255 e. The number of carbonyl (C=O) groups is 3. The van der Waals surface area contributed by atoms with Crippen LogP contribution in [0.3, 0.4) is 0 Å². The number of fused-ring (bicyclic) bond motifs is 8. The van der Waals surface area contributed by atoms with Gasteiger partial charge in [-0.3, -0.25) is 14.4 Å². The highest BCUT2D eigenvalue weighted by atomic mass is 32.2. The minimum absolute atomic E-state index is 0.0611. The summed E-state index contributed by atoms with van der Waals surface area (Å²) in [6.45, 7) is 35.6. The number of nitrogens with zero attached hydrogens (tertiary/aromatic N) is 8. The zero-order valence-corrected chi connectivity index (χ0v) is 73.1. The molecule has 0 radical (unpaired) electrons. The van der Waals surface area contributed by atoms with Crippen molar-refractivity contribution in [1.82, 2.24) is 31.3 Å². The van der Waals surface area contributed by atoms with Crippen LogP contribution in [0.15, 0.2) is 106 Å². The van der Waals surface area contributed by atoms with Crippen LogP contribution in [0, 0.1) is 0 Å². The Labute approximate surface area is 644 Å². The molecule has 3 unspecified atom stereocenters. The number of rotatable bonds is 0. The average Bonchev–Trinajstić information content (AvgIpc) is 0.895. The maximum atomic E-state index is 12.0. The summed E-state index contributed by atoms with van der Waals surface area (Å²) in [6.07, 6.45) is 0. The molecule has 0 N–H and O–H groups in total. The summed E-state index contributed by atoms with van der Waals surface area (Å²) in [7, 11) is 5.41. The van der Waals surface area contributed by atoms with E-state index in [2.05, 4.69) is 66.8 Å². The van der Waals surface area contributed by atoms with Crippen molar-refractivity contribution in [3.05, 3.63) is 153 Å². The van der Waals surface area contributed by atoms with Gasteiger partial charge in [0, 0.05) is 132 Å². The van der Waals surface area contributed by atoms with Gasteiger partial charge in [0.2, 0.25) is 26.0 Å². The predicted octanol–water partition coefficient (Wildman–Crippen LogP) is 15.6. The van der Waals surface area contributed by atoms with Crippen LogP contribution in [-0.4, -0.2) is 148 Å². The third kappa shape index (κ3) is 14.7. The van der Waals surface area contributed by atoms with Crippen molar-refractivity contribution >= 4 is 167 Å². The third-order valence-corrected chi connectivity index (χ3v) is 40.0. The number of anilines is 1. The van der Waals surface area contributed by atoms with Crippen LogP contribution in [-0.2, 0) is 113 Å². The molecule has 8 aliphatic heterocycles. The van der Waals surface area contributed by atoms with Gasteiger partial charge in [0.15, 0.2) is 0 Å². The lowest BCUT2D eigenvalue weighted by molar-refractivity contribution is -0.121. The van der Waals surface area contributed by atoms with E-state index in [1.807, 2.05) is 171 Å². The van der Waals surface area contributed by atoms with Gasteiger partial charge >= 0.3 is 0 Å². The van der Waals surface area contributed by atoms with Gasteiger partial charge in [-0.15, -0.1) is 90.7 Å². The SMILES string of the molecule is CN1C(=O)C(C)(C)c2sccc21.CN1C(=O)c2ccsc2C1(C)C.CN1C(C)(C)c2sccc2S1(=O)=O.CN1CC(C)(C)c2sccc2C1=O.CN1CC(C)(C)c2sccc2S1=O.CN1Cc2ccsc2C(C)(C)S1(=O)=O.CN1Cc2ccsc2C(C)(C)S1=O.CN1S(=O)c2ccsc2C1(C)C. The molecule has 8 aliphatic rings. The lowest BCUT2D eigenvalue weighted by Gasteiger charge is -2.35. The standard InChI is InChI=1S/C10H13NOS.C9H13NO2S2.2C9H13NOS2.2C9H11NOS.C8H11NO2S2.C8H11NOS2/c1-10(2)6-11(3)9(12)7-4-5-13-8(7)10;1-9(2)8-7(4-5-13-8)6-10(3)14(9,11)12;1-9(2)6-10(3)13(11)7-4-5-12-8(7)9;1-9(2)8-7(4-5-12-8)6-10(3)13(9)11;1-9(2)7-6(4-5-12-7)10(3)8(9)11;1-9(2)7-6(4-5-12-7)8(11)10(9)3;1-8(2)7-6(4-5-12-7)13(10,11)9(8)3;1-8(2)7-6(4-5-11-7)12(10)9(8)3/h4-5H,6H2,1-3H3;4-5H,6H2,1-3H3;2*4-5H,6H2,1-3H3;2*4-5H,1-3H3;4-5H,1-3H3;4-5H,1-3H3. The van der Waals surface area contributed by atoms with Crippen LogP contribution >= 0.6 is 90.7 Å². The Morgan fingerprint density at radius 2 is 0.892 bits per heavy atom. The summed E-state index contributed by atoms with van der Waals surface area (Å²) < 4.78 is 90.7. The van der Waals surface area contributed by atoms with Gasteiger partial charge in [0.25, 0.3) is 11.8 Å². The number of amides is 3. The van der Waals surface area contributed by atoms with E-state index in [4.69, 9.17) is 0 Å². The summed E-state index contributed by atoms with van der Waals surface area (Å²) in [5, 5.41) is 15.9. The molecule has 0 aromatic carbocycles.